The highest BCUT2D eigenvalue weighted by Crippen LogP contribution is 2.40. The lowest BCUT2D eigenvalue weighted by Gasteiger charge is -2.37. The molecule has 2 atom stereocenters. The number of unbranched alkanes of at least 4 members (excludes halogenated alkanes) is 1. The molecule has 0 bridgehead atoms. The fourth-order valence-corrected chi connectivity index (χ4v) is 7.51. The van der Waals surface area contributed by atoms with Crippen LogP contribution < -0.4 is 19.3 Å². The number of ether oxygens (including phenoxy) is 3. The number of hydrogen-bond donors (Lipinski definition) is 0. The molecule has 0 radical (unpaired) electrons. The molecule has 10 nitrogen and oxygen atoms in total. The minimum Gasteiger partial charge on any atom is -0.491 e. The van der Waals surface area contributed by atoms with Crippen LogP contribution in [0.3, 0.4) is 0 Å². The van der Waals surface area contributed by atoms with Crippen LogP contribution in [0.25, 0.3) is 0 Å². The van der Waals surface area contributed by atoms with Gasteiger partial charge in [-0.3, -0.25) is 0 Å². The van der Waals surface area contributed by atoms with E-state index in [1.807, 2.05) is 18.2 Å². The third-order valence-electron chi connectivity index (χ3n) is 8.81. The van der Waals surface area contributed by atoms with Crippen LogP contribution in [0.5, 0.6) is 5.75 Å². The summed E-state index contributed by atoms with van der Waals surface area (Å²) in [6, 6.07) is 22.2. The van der Waals surface area contributed by atoms with Crippen LogP contribution in [-0.2, 0) is 28.4 Å². The molecule has 0 amide bonds. The molecule has 0 N–H and O–H groups in total. The molecule has 0 saturated carbocycles. The first kappa shape index (κ1) is 33.6. The Hall–Kier alpha value is -3.87. The zero-order chi connectivity index (χ0) is 33.6. The van der Waals surface area contributed by atoms with Crippen LogP contribution in [0.1, 0.15) is 25.3 Å². The highest BCUT2D eigenvalue weighted by molar-refractivity contribution is 7.07. The van der Waals surface area contributed by atoms with Crippen molar-refractivity contribution < 1.29 is 14.2 Å². The van der Waals surface area contributed by atoms with E-state index in [1.165, 1.54) is 24.1 Å². The van der Waals surface area contributed by atoms with E-state index < -0.39 is 5.79 Å². The van der Waals surface area contributed by atoms with Crippen molar-refractivity contribution in [2.45, 2.75) is 44.7 Å². The average Bonchev–Trinajstić information content (AvgIpc) is 3.90. The number of rotatable bonds is 12. The normalized spacial score (nSPS) is 19.9. The van der Waals surface area contributed by atoms with Gasteiger partial charge in [-0.2, -0.15) is 5.10 Å². The lowest BCUT2D eigenvalue weighted by Crippen LogP contribution is -2.46. The minimum atomic E-state index is -1.14. The number of benzene rings is 3. The van der Waals surface area contributed by atoms with Crippen molar-refractivity contribution in [2.24, 2.45) is 4.99 Å². The lowest BCUT2D eigenvalue weighted by atomic mass is 10.1. The van der Waals surface area contributed by atoms with Crippen molar-refractivity contribution >= 4 is 51.6 Å². The molecule has 4 heterocycles. The van der Waals surface area contributed by atoms with E-state index in [1.54, 1.807) is 34.5 Å². The van der Waals surface area contributed by atoms with E-state index in [-0.39, 0.29) is 12.6 Å². The Labute approximate surface area is 300 Å². The summed E-state index contributed by atoms with van der Waals surface area (Å²) in [5, 5.41) is 7.34. The number of hydrogen-bond acceptors (Lipinski definition) is 9. The van der Waals surface area contributed by atoms with Gasteiger partial charge in [0.2, 0.25) is 5.79 Å². The minimum absolute atomic E-state index is 0.280. The summed E-state index contributed by atoms with van der Waals surface area (Å²) in [6.45, 7) is 7.93. The van der Waals surface area contributed by atoms with Gasteiger partial charge in [-0.1, -0.05) is 42.6 Å². The molecule has 13 heteroatoms. The Balaban J connectivity index is 0.916. The topological polar surface area (TPSA) is 82.2 Å². The summed E-state index contributed by atoms with van der Waals surface area (Å²) in [5.74, 6) is -0.373. The lowest BCUT2D eigenvalue weighted by molar-refractivity contribution is -0.190. The van der Waals surface area contributed by atoms with Gasteiger partial charge >= 0.3 is 0 Å². The number of halogens is 2. The fourth-order valence-electron chi connectivity index (χ4n) is 6.18. The first-order valence-corrected chi connectivity index (χ1v) is 18.2. The highest BCUT2D eigenvalue weighted by atomic mass is 35.5. The van der Waals surface area contributed by atoms with Gasteiger partial charge in [-0.25, -0.2) is 14.7 Å². The van der Waals surface area contributed by atoms with Crippen molar-refractivity contribution in [3.05, 3.63) is 111 Å². The van der Waals surface area contributed by atoms with Crippen LogP contribution in [0.15, 0.2) is 96.0 Å². The second kappa shape index (κ2) is 15.3. The summed E-state index contributed by atoms with van der Waals surface area (Å²) in [4.78, 5) is 14.8. The summed E-state index contributed by atoms with van der Waals surface area (Å²) in [6.07, 6.45) is 7.24. The van der Waals surface area contributed by atoms with E-state index >= 15 is 0 Å². The van der Waals surface area contributed by atoms with Crippen molar-refractivity contribution in [3.63, 3.8) is 0 Å². The maximum atomic E-state index is 6.59. The Morgan fingerprint density at radius 1 is 0.980 bits per heavy atom. The monoisotopic (exact) mass is 719 g/mol. The molecule has 2 saturated heterocycles. The molecule has 2 aliphatic heterocycles. The van der Waals surface area contributed by atoms with Crippen molar-refractivity contribution in [1.82, 2.24) is 19.3 Å². The van der Waals surface area contributed by atoms with Gasteiger partial charge in [-0.15, -0.1) is 11.3 Å². The maximum absolute atomic E-state index is 6.59. The second-order valence-electron chi connectivity index (χ2n) is 12.2. The molecule has 256 valence electrons. The largest absolute Gasteiger partial charge is 0.491 e. The Morgan fingerprint density at radius 3 is 2.39 bits per heavy atom. The van der Waals surface area contributed by atoms with Gasteiger partial charge in [0.1, 0.15) is 37.7 Å². The molecule has 2 fully saturated rings. The second-order valence-corrected chi connectivity index (χ2v) is 13.9. The molecule has 0 aliphatic carbocycles. The van der Waals surface area contributed by atoms with Crippen molar-refractivity contribution in [1.29, 1.82) is 0 Å². The number of nitrogens with zero attached hydrogens (tertiary/aromatic N) is 7. The number of thiazole rings is 1. The van der Waals surface area contributed by atoms with Crippen molar-refractivity contribution in [3.8, 4) is 5.75 Å². The number of piperazine rings is 1. The summed E-state index contributed by atoms with van der Waals surface area (Å²) < 4.78 is 22.8. The van der Waals surface area contributed by atoms with E-state index in [4.69, 9.17) is 42.4 Å². The third kappa shape index (κ3) is 7.97. The zero-order valence-corrected chi connectivity index (χ0v) is 29.7. The first-order valence-electron chi connectivity index (χ1n) is 16.6. The Bertz CT molecular complexity index is 1870. The first-order chi connectivity index (χ1) is 24.0. The summed E-state index contributed by atoms with van der Waals surface area (Å²) in [7, 11) is 0. The molecule has 2 unspecified atom stereocenters. The standard InChI is InChI=1S/C36H39Cl2N7O3S/c1-2-3-14-44-19-20-49-35(44)41-28-5-7-29(8-6-28)42-15-17-43(18-16-42)30-9-11-31(12-10-30)46-22-32-23-47-36(48-32,24-45-26-39-25-40-45)33-13-4-27(37)21-34(33)38/h4-13,19-21,25-26,32H,2-3,14-18,22-24H2,1H3/b41-35-. The fraction of sp³-hybridized carbons (Fsp3) is 0.361. The molecular formula is C36H39Cl2N7O3S. The van der Waals surface area contributed by atoms with E-state index in [0.717, 1.165) is 55.4 Å². The SMILES string of the molecule is CCCCn1ccs/c1=N\c1ccc(N2CCN(c3ccc(OCC4COC(Cn5cncn5)(c5ccc(Cl)cc5Cl)O4)cc3)CC2)cc1. The molecule has 7 rings (SSSR count). The molecule has 2 aliphatic rings. The summed E-state index contributed by atoms with van der Waals surface area (Å²) in [5.41, 5.74) is 4.08. The number of aromatic nitrogens is 4. The smallest absolute Gasteiger partial charge is 0.217 e. The molecule has 5 aromatic rings. The Morgan fingerprint density at radius 2 is 1.71 bits per heavy atom. The molecule has 3 aromatic carbocycles. The van der Waals surface area contributed by atoms with Gasteiger partial charge in [0.25, 0.3) is 0 Å². The van der Waals surface area contributed by atoms with Gasteiger partial charge in [0, 0.05) is 66.3 Å². The Kier molecular flexibility index (Phi) is 10.5. The van der Waals surface area contributed by atoms with E-state index in [0.29, 0.717) is 28.8 Å². The molecule has 49 heavy (non-hydrogen) atoms. The zero-order valence-electron chi connectivity index (χ0n) is 27.3. The summed E-state index contributed by atoms with van der Waals surface area (Å²) >= 11 is 14.4. The van der Waals surface area contributed by atoms with Crippen LogP contribution in [-0.4, -0.2) is 64.8 Å². The average molecular weight is 721 g/mol. The van der Waals surface area contributed by atoms with Gasteiger partial charge < -0.3 is 28.6 Å². The van der Waals surface area contributed by atoms with Crippen LogP contribution >= 0.6 is 34.5 Å². The molecular weight excluding hydrogens is 681 g/mol. The predicted octanol–water partition coefficient (Wildman–Crippen LogP) is 7.15. The van der Waals surface area contributed by atoms with E-state index in [9.17, 15) is 0 Å². The van der Waals surface area contributed by atoms with Gasteiger partial charge in [-0.05, 0) is 67.1 Å². The highest BCUT2D eigenvalue weighted by Gasteiger charge is 2.45. The maximum Gasteiger partial charge on any atom is 0.217 e. The molecule has 2 aromatic heterocycles. The van der Waals surface area contributed by atoms with Crippen LogP contribution in [0, 0.1) is 0 Å². The third-order valence-corrected chi connectivity index (χ3v) is 10.1. The van der Waals surface area contributed by atoms with Gasteiger partial charge in [0.05, 0.1) is 17.3 Å². The van der Waals surface area contributed by atoms with Crippen LogP contribution in [0.2, 0.25) is 10.0 Å². The van der Waals surface area contributed by atoms with Crippen molar-refractivity contribution in [2.75, 3.05) is 49.2 Å². The van der Waals surface area contributed by atoms with Gasteiger partial charge in [0.15, 0.2) is 4.80 Å². The molecule has 0 spiro atoms. The number of anilines is 2. The predicted molar refractivity (Wildman–Crippen MR) is 194 cm³/mol. The van der Waals surface area contributed by atoms with E-state index in [2.05, 4.69) is 79.3 Å². The quantitative estimate of drug-likeness (QED) is 0.135. The van der Waals surface area contributed by atoms with Crippen LogP contribution in [0.4, 0.5) is 17.1 Å². The number of aryl methyl sites for hydroxylation is 1.